The van der Waals surface area contributed by atoms with E-state index in [1.165, 1.54) is 19.1 Å². The van der Waals surface area contributed by atoms with E-state index >= 15 is 0 Å². The molecular formula is C20H17NO6. The van der Waals surface area contributed by atoms with Crippen molar-refractivity contribution in [1.29, 1.82) is 0 Å². The smallest absolute Gasteiger partial charge is 0.408 e. The molecule has 3 aromatic rings. The average molecular weight is 367 g/mol. The number of fused-ring (bicyclic) bond motifs is 1. The number of hydrogen-bond acceptors (Lipinski definition) is 6. The number of carbonyl (C=O) groups is 2. The molecule has 1 heterocycles. The van der Waals surface area contributed by atoms with E-state index in [-0.39, 0.29) is 12.4 Å². The summed E-state index contributed by atoms with van der Waals surface area (Å²) in [6, 6.07) is 15.8. The Morgan fingerprint density at radius 1 is 1.07 bits per heavy atom. The number of carbonyl (C=O) groups excluding carboxylic acids is 2. The second-order valence-corrected chi connectivity index (χ2v) is 5.80. The van der Waals surface area contributed by atoms with Crippen LogP contribution in [0.1, 0.15) is 12.5 Å². The molecule has 0 aliphatic carbocycles. The van der Waals surface area contributed by atoms with Crippen LogP contribution in [0.2, 0.25) is 0 Å². The molecule has 1 atom stereocenters. The number of esters is 1. The Labute approximate surface area is 154 Å². The summed E-state index contributed by atoms with van der Waals surface area (Å²) in [5.41, 5.74) is 0.637. The molecule has 0 saturated heterocycles. The third kappa shape index (κ3) is 4.94. The second kappa shape index (κ2) is 8.18. The molecule has 3 rings (SSSR count). The van der Waals surface area contributed by atoms with E-state index in [1.807, 2.05) is 30.3 Å². The van der Waals surface area contributed by atoms with E-state index < -0.39 is 23.7 Å². The topological polar surface area (TPSA) is 94.8 Å². The summed E-state index contributed by atoms with van der Waals surface area (Å²) >= 11 is 0. The molecule has 7 nitrogen and oxygen atoms in total. The van der Waals surface area contributed by atoms with Crippen molar-refractivity contribution in [3.63, 3.8) is 0 Å². The molecule has 0 aliphatic heterocycles. The van der Waals surface area contributed by atoms with Crippen LogP contribution in [0.5, 0.6) is 5.75 Å². The normalized spacial score (nSPS) is 11.6. The lowest BCUT2D eigenvalue weighted by Gasteiger charge is -2.13. The van der Waals surface area contributed by atoms with Gasteiger partial charge in [0.2, 0.25) is 0 Å². The molecule has 7 heteroatoms. The SMILES string of the molecule is CC(NC(=O)OCc1ccccc1)C(=O)Oc1ccc2ccc(=O)oc2c1. The molecule has 1 aromatic heterocycles. The standard InChI is InChI=1S/C20H17NO6/c1-13(21-20(24)25-12-14-5-3-2-4-6-14)19(23)26-16-9-7-15-8-10-18(22)27-17(15)11-16/h2-11,13H,12H2,1H3,(H,21,24). The van der Waals surface area contributed by atoms with Gasteiger partial charge in [0.1, 0.15) is 24.0 Å². The number of nitrogens with one attached hydrogen (secondary N) is 1. The van der Waals surface area contributed by atoms with Crippen molar-refractivity contribution in [2.24, 2.45) is 0 Å². The molecule has 138 valence electrons. The Morgan fingerprint density at radius 2 is 1.81 bits per heavy atom. The van der Waals surface area contributed by atoms with Gasteiger partial charge in [0.15, 0.2) is 0 Å². The van der Waals surface area contributed by atoms with E-state index in [2.05, 4.69) is 5.32 Å². The Bertz CT molecular complexity index is 1010. The highest BCUT2D eigenvalue weighted by Gasteiger charge is 2.19. The van der Waals surface area contributed by atoms with Crippen molar-refractivity contribution >= 4 is 23.0 Å². The van der Waals surface area contributed by atoms with Crippen LogP contribution in [-0.2, 0) is 16.1 Å². The van der Waals surface area contributed by atoms with Crippen molar-refractivity contribution in [3.8, 4) is 5.75 Å². The van der Waals surface area contributed by atoms with Gasteiger partial charge in [0.25, 0.3) is 0 Å². The minimum atomic E-state index is -0.924. The minimum absolute atomic E-state index is 0.0954. The number of benzene rings is 2. The largest absolute Gasteiger partial charge is 0.445 e. The predicted octanol–water partition coefficient (Wildman–Crippen LogP) is 3.01. The lowest BCUT2D eigenvalue weighted by Crippen LogP contribution is -2.41. The molecule has 0 aliphatic rings. The summed E-state index contributed by atoms with van der Waals surface area (Å²) in [5, 5.41) is 3.11. The maximum Gasteiger partial charge on any atom is 0.408 e. The maximum atomic E-state index is 12.1. The fourth-order valence-corrected chi connectivity index (χ4v) is 2.31. The summed E-state index contributed by atoms with van der Waals surface area (Å²) in [6.45, 7) is 1.57. The van der Waals surface area contributed by atoms with Crippen molar-refractivity contribution < 1.29 is 23.5 Å². The fraction of sp³-hybridized carbons (Fsp3) is 0.150. The first kappa shape index (κ1) is 18.2. The number of hydrogen-bond donors (Lipinski definition) is 1. The van der Waals surface area contributed by atoms with Crippen molar-refractivity contribution in [2.75, 3.05) is 0 Å². The van der Waals surface area contributed by atoms with E-state index in [0.29, 0.717) is 11.0 Å². The Kier molecular flexibility index (Phi) is 5.51. The first-order valence-electron chi connectivity index (χ1n) is 8.24. The zero-order valence-electron chi connectivity index (χ0n) is 14.5. The van der Waals surface area contributed by atoms with Crippen molar-refractivity contribution in [1.82, 2.24) is 5.32 Å². The molecule has 0 fully saturated rings. The summed E-state index contributed by atoms with van der Waals surface area (Å²) in [6.07, 6.45) is -0.729. The van der Waals surface area contributed by atoms with Gasteiger partial charge in [-0.05, 0) is 30.7 Å². The Balaban J connectivity index is 1.55. The molecule has 27 heavy (non-hydrogen) atoms. The van der Waals surface area contributed by atoms with Crippen LogP contribution in [-0.4, -0.2) is 18.1 Å². The molecule has 1 N–H and O–H groups in total. The first-order valence-corrected chi connectivity index (χ1v) is 8.24. The molecule has 2 aromatic carbocycles. The highest BCUT2D eigenvalue weighted by molar-refractivity contribution is 5.84. The molecule has 0 bridgehead atoms. The van der Waals surface area contributed by atoms with Gasteiger partial charge in [-0.15, -0.1) is 0 Å². The van der Waals surface area contributed by atoms with Gasteiger partial charge in [0.05, 0.1) is 0 Å². The molecule has 0 radical (unpaired) electrons. The van der Waals surface area contributed by atoms with Crippen LogP contribution in [0.4, 0.5) is 4.79 Å². The summed E-state index contributed by atoms with van der Waals surface area (Å²) < 4.78 is 15.3. The van der Waals surface area contributed by atoms with Gasteiger partial charge in [0, 0.05) is 17.5 Å². The lowest BCUT2D eigenvalue weighted by molar-refractivity contribution is -0.136. The third-order valence-corrected chi connectivity index (χ3v) is 3.71. The quantitative estimate of drug-likeness (QED) is 0.423. The number of rotatable bonds is 5. The zero-order valence-corrected chi connectivity index (χ0v) is 14.5. The van der Waals surface area contributed by atoms with Gasteiger partial charge < -0.3 is 19.2 Å². The second-order valence-electron chi connectivity index (χ2n) is 5.80. The monoisotopic (exact) mass is 367 g/mol. The molecule has 0 saturated carbocycles. The molecule has 1 amide bonds. The third-order valence-electron chi connectivity index (χ3n) is 3.71. The first-order chi connectivity index (χ1) is 13.0. The van der Waals surface area contributed by atoms with Crippen molar-refractivity contribution in [2.45, 2.75) is 19.6 Å². The average Bonchev–Trinajstić information content (AvgIpc) is 2.66. The minimum Gasteiger partial charge on any atom is -0.445 e. The predicted molar refractivity (Wildman–Crippen MR) is 97.3 cm³/mol. The summed E-state index contributed by atoms with van der Waals surface area (Å²) in [7, 11) is 0. The fourth-order valence-electron chi connectivity index (χ4n) is 2.31. The summed E-state index contributed by atoms with van der Waals surface area (Å²) in [4.78, 5) is 35.2. The summed E-state index contributed by atoms with van der Waals surface area (Å²) in [5.74, 6) is -0.475. The van der Waals surface area contributed by atoms with Crippen LogP contribution >= 0.6 is 0 Å². The number of ether oxygens (including phenoxy) is 2. The van der Waals surface area contributed by atoms with Crippen LogP contribution in [0.25, 0.3) is 11.0 Å². The van der Waals surface area contributed by atoms with Gasteiger partial charge in [-0.1, -0.05) is 30.3 Å². The van der Waals surface area contributed by atoms with Crippen LogP contribution < -0.4 is 15.7 Å². The highest BCUT2D eigenvalue weighted by atomic mass is 16.6. The van der Waals surface area contributed by atoms with Gasteiger partial charge >= 0.3 is 17.7 Å². The number of amides is 1. The van der Waals surface area contributed by atoms with Crippen molar-refractivity contribution in [3.05, 3.63) is 76.6 Å². The molecule has 0 spiro atoms. The van der Waals surface area contributed by atoms with Crippen LogP contribution in [0.15, 0.2) is 69.9 Å². The highest BCUT2D eigenvalue weighted by Crippen LogP contribution is 2.19. The lowest BCUT2D eigenvalue weighted by atomic mass is 10.2. The van der Waals surface area contributed by atoms with E-state index in [0.717, 1.165) is 5.56 Å². The van der Waals surface area contributed by atoms with E-state index in [4.69, 9.17) is 13.9 Å². The van der Waals surface area contributed by atoms with E-state index in [9.17, 15) is 14.4 Å². The van der Waals surface area contributed by atoms with Crippen LogP contribution in [0.3, 0.4) is 0 Å². The Hall–Kier alpha value is -3.61. The zero-order chi connectivity index (χ0) is 19.2. The Morgan fingerprint density at radius 3 is 2.59 bits per heavy atom. The number of alkyl carbamates (subject to hydrolysis) is 1. The van der Waals surface area contributed by atoms with Gasteiger partial charge in [-0.25, -0.2) is 14.4 Å². The van der Waals surface area contributed by atoms with E-state index in [1.54, 1.807) is 18.2 Å². The molecular weight excluding hydrogens is 350 g/mol. The maximum absolute atomic E-state index is 12.1. The van der Waals surface area contributed by atoms with Gasteiger partial charge in [-0.2, -0.15) is 0 Å². The van der Waals surface area contributed by atoms with Gasteiger partial charge in [-0.3, -0.25) is 0 Å². The molecule has 1 unspecified atom stereocenters. The van der Waals surface area contributed by atoms with Crippen LogP contribution in [0, 0.1) is 0 Å².